The summed E-state index contributed by atoms with van der Waals surface area (Å²) in [5.74, 6) is 0.226. The molecule has 1 unspecified atom stereocenters. The Morgan fingerprint density at radius 1 is 1.47 bits per heavy atom. The summed E-state index contributed by atoms with van der Waals surface area (Å²) in [6.45, 7) is 6.49. The number of hydrogen-bond donors (Lipinski definition) is 1. The van der Waals surface area contributed by atoms with Crippen molar-refractivity contribution in [3.63, 3.8) is 0 Å². The molecular weight excluding hydrogens is 216 g/mol. The summed E-state index contributed by atoms with van der Waals surface area (Å²) in [5, 5.41) is 3.34. The summed E-state index contributed by atoms with van der Waals surface area (Å²) in [4.78, 5) is 15.3. The first-order chi connectivity index (χ1) is 8.02. The largest absolute Gasteiger partial charge is 0.464 e. The van der Waals surface area contributed by atoms with Gasteiger partial charge in [0.15, 0.2) is 0 Å². The second kappa shape index (κ2) is 6.23. The van der Waals surface area contributed by atoms with Gasteiger partial charge in [0.1, 0.15) is 5.69 Å². The lowest BCUT2D eigenvalue weighted by Gasteiger charge is -2.17. The SMILES string of the molecule is COC(=O)c1cc(NC(C)CC(C)C)ccn1. The molecule has 4 heteroatoms. The Labute approximate surface area is 102 Å². The zero-order chi connectivity index (χ0) is 12.8. The van der Waals surface area contributed by atoms with E-state index in [0.29, 0.717) is 17.7 Å². The molecule has 0 saturated carbocycles. The Balaban J connectivity index is 2.68. The van der Waals surface area contributed by atoms with Crippen molar-refractivity contribution in [1.82, 2.24) is 4.98 Å². The normalized spacial score (nSPS) is 12.3. The van der Waals surface area contributed by atoms with Crippen molar-refractivity contribution in [3.05, 3.63) is 24.0 Å². The molecule has 17 heavy (non-hydrogen) atoms. The van der Waals surface area contributed by atoms with Crippen LogP contribution in [0.1, 0.15) is 37.7 Å². The highest BCUT2D eigenvalue weighted by Crippen LogP contribution is 2.13. The van der Waals surface area contributed by atoms with Crippen molar-refractivity contribution in [1.29, 1.82) is 0 Å². The number of aromatic nitrogens is 1. The molecule has 1 aromatic rings. The van der Waals surface area contributed by atoms with Crippen LogP contribution in [-0.4, -0.2) is 24.1 Å². The van der Waals surface area contributed by atoms with E-state index < -0.39 is 5.97 Å². The summed E-state index contributed by atoms with van der Waals surface area (Å²) >= 11 is 0. The van der Waals surface area contributed by atoms with Gasteiger partial charge in [0.2, 0.25) is 0 Å². The first-order valence-electron chi connectivity index (χ1n) is 5.83. The fourth-order valence-electron chi connectivity index (χ4n) is 1.79. The summed E-state index contributed by atoms with van der Waals surface area (Å²) in [5.41, 5.74) is 1.22. The summed E-state index contributed by atoms with van der Waals surface area (Å²) in [7, 11) is 1.35. The molecule has 1 N–H and O–H groups in total. The molecule has 0 aliphatic carbocycles. The van der Waals surface area contributed by atoms with E-state index in [9.17, 15) is 4.79 Å². The van der Waals surface area contributed by atoms with Crippen LogP contribution in [0.4, 0.5) is 5.69 Å². The molecule has 1 atom stereocenters. The molecular formula is C13H20N2O2. The van der Waals surface area contributed by atoms with Crippen molar-refractivity contribution >= 4 is 11.7 Å². The van der Waals surface area contributed by atoms with E-state index in [1.54, 1.807) is 12.3 Å². The fourth-order valence-corrected chi connectivity index (χ4v) is 1.79. The lowest BCUT2D eigenvalue weighted by atomic mass is 10.1. The number of nitrogens with one attached hydrogen (secondary N) is 1. The van der Waals surface area contributed by atoms with Gasteiger partial charge >= 0.3 is 5.97 Å². The van der Waals surface area contributed by atoms with Crippen LogP contribution in [0, 0.1) is 5.92 Å². The van der Waals surface area contributed by atoms with Crippen LogP contribution < -0.4 is 5.32 Å². The monoisotopic (exact) mass is 236 g/mol. The smallest absolute Gasteiger partial charge is 0.356 e. The average Bonchev–Trinajstić information content (AvgIpc) is 2.27. The van der Waals surface area contributed by atoms with E-state index in [1.807, 2.05) is 6.07 Å². The molecule has 0 bridgehead atoms. The molecule has 4 nitrogen and oxygen atoms in total. The number of carbonyl (C=O) groups excluding carboxylic acids is 1. The molecule has 0 fully saturated rings. The van der Waals surface area contributed by atoms with Crippen molar-refractivity contribution in [2.45, 2.75) is 33.2 Å². The first-order valence-corrected chi connectivity index (χ1v) is 5.83. The Kier molecular flexibility index (Phi) is 4.94. The second-order valence-corrected chi connectivity index (χ2v) is 4.60. The third-order valence-corrected chi connectivity index (χ3v) is 2.39. The molecule has 0 spiro atoms. The predicted molar refractivity (Wildman–Crippen MR) is 68.1 cm³/mol. The number of carbonyl (C=O) groups is 1. The minimum atomic E-state index is -0.412. The Morgan fingerprint density at radius 3 is 2.76 bits per heavy atom. The molecule has 0 amide bonds. The van der Waals surface area contributed by atoms with E-state index in [-0.39, 0.29) is 0 Å². The molecule has 0 aliphatic rings. The molecule has 94 valence electrons. The van der Waals surface area contributed by atoms with Gasteiger partial charge in [-0.25, -0.2) is 9.78 Å². The number of esters is 1. The summed E-state index contributed by atoms with van der Waals surface area (Å²) in [6.07, 6.45) is 2.69. The van der Waals surface area contributed by atoms with Gasteiger partial charge in [0.05, 0.1) is 7.11 Å². The predicted octanol–water partition coefficient (Wildman–Crippen LogP) is 2.71. The number of hydrogen-bond acceptors (Lipinski definition) is 4. The highest BCUT2D eigenvalue weighted by Gasteiger charge is 2.09. The van der Waals surface area contributed by atoms with Gasteiger partial charge in [-0.2, -0.15) is 0 Å². The van der Waals surface area contributed by atoms with Crippen LogP contribution in [0.15, 0.2) is 18.3 Å². The maximum atomic E-state index is 11.3. The fraction of sp³-hybridized carbons (Fsp3) is 0.538. The Hall–Kier alpha value is -1.58. The lowest BCUT2D eigenvalue weighted by molar-refractivity contribution is 0.0594. The molecule has 0 saturated heterocycles. The number of ether oxygens (including phenoxy) is 1. The molecule has 0 aliphatic heterocycles. The lowest BCUT2D eigenvalue weighted by Crippen LogP contribution is -2.18. The second-order valence-electron chi connectivity index (χ2n) is 4.60. The molecule has 0 radical (unpaired) electrons. The van der Waals surface area contributed by atoms with Gasteiger partial charge in [-0.3, -0.25) is 0 Å². The van der Waals surface area contributed by atoms with E-state index in [4.69, 9.17) is 0 Å². The summed E-state index contributed by atoms with van der Waals surface area (Å²) < 4.78 is 4.63. The van der Waals surface area contributed by atoms with E-state index in [0.717, 1.165) is 12.1 Å². The van der Waals surface area contributed by atoms with Crippen LogP contribution in [0.2, 0.25) is 0 Å². The van der Waals surface area contributed by atoms with Crippen molar-refractivity contribution in [3.8, 4) is 0 Å². The average molecular weight is 236 g/mol. The Morgan fingerprint density at radius 2 is 2.18 bits per heavy atom. The van der Waals surface area contributed by atoms with Crippen molar-refractivity contribution in [2.24, 2.45) is 5.92 Å². The third kappa shape index (κ3) is 4.43. The number of rotatable bonds is 5. The van der Waals surface area contributed by atoms with Crippen molar-refractivity contribution < 1.29 is 9.53 Å². The van der Waals surface area contributed by atoms with Crippen LogP contribution in [0.5, 0.6) is 0 Å². The van der Waals surface area contributed by atoms with E-state index in [2.05, 4.69) is 35.8 Å². The number of methoxy groups -OCH3 is 1. The third-order valence-electron chi connectivity index (χ3n) is 2.39. The van der Waals surface area contributed by atoms with Gasteiger partial charge in [-0.15, -0.1) is 0 Å². The molecule has 1 rings (SSSR count). The van der Waals surface area contributed by atoms with Crippen molar-refractivity contribution in [2.75, 3.05) is 12.4 Å². The molecule has 1 heterocycles. The van der Waals surface area contributed by atoms with Gasteiger partial charge in [-0.1, -0.05) is 13.8 Å². The van der Waals surface area contributed by atoms with Crippen LogP contribution in [0.3, 0.4) is 0 Å². The minimum absolute atomic E-state index is 0.328. The quantitative estimate of drug-likeness (QED) is 0.799. The maximum absolute atomic E-state index is 11.3. The zero-order valence-electron chi connectivity index (χ0n) is 10.9. The van der Waals surface area contributed by atoms with Crippen LogP contribution in [0.25, 0.3) is 0 Å². The number of nitrogens with zero attached hydrogens (tertiary/aromatic N) is 1. The number of anilines is 1. The van der Waals surface area contributed by atoms with E-state index in [1.165, 1.54) is 7.11 Å². The van der Waals surface area contributed by atoms with Gasteiger partial charge in [-0.05, 0) is 31.4 Å². The Bertz CT molecular complexity index is 377. The van der Waals surface area contributed by atoms with Crippen LogP contribution in [-0.2, 0) is 4.74 Å². The summed E-state index contributed by atoms with van der Waals surface area (Å²) in [6, 6.07) is 3.93. The number of pyridine rings is 1. The molecule has 0 aromatic carbocycles. The van der Waals surface area contributed by atoms with E-state index >= 15 is 0 Å². The highest BCUT2D eigenvalue weighted by atomic mass is 16.5. The standard InChI is InChI=1S/C13H20N2O2/c1-9(2)7-10(3)15-11-5-6-14-12(8-11)13(16)17-4/h5-6,8-10H,7H2,1-4H3,(H,14,15). The maximum Gasteiger partial charge on any atom is 0.356 e. The van der Waals surface area contributed by atoms with Gasteiger partial charge < -0.3 is 10.1 Å². The topological polar surface area (TPSA) is 51.2 Å². The van der Waals surface area contributed by atoms with Gasteiger partial charge in [0, 0.05) is 17.9 Å². The zero-order valence-corrected chi connectivity index (χ0v) is 10.9. The highest BCUT2D eigenvalue weighted by molar-refractivity contribution is 5.88. The minimum Gasteiger partial charge on any atom is -0.464 e. The van der Waals surface area contributed by atoms with Gasteiger partial charge in [0.25, 0.3) is 0 Å². The van der Waals surface area contributed by atoms with Crippen LogP contribution >= 0.6 is 0 Å². The molecule has 1 aromatic heterocycles. The first kappa shape index (κ1) is 13.5.